The topological polar surface area (TPSA) is 18.5 Å². The SMILES string of the molecule is C=C(C)C[C@H](NC(=C)C(CC(C)C)N1C=C(CCN2CCC2)C(C(C)(C)F)=CC1=C)c1c(C)c(-c2c(C)cc(C)cc2C)cc(C2CC2)c1F. The number of halogens is 2. The molecule has 270 valence electrons. The maximum Gasteiger partial charge on any atom is 0.132 e. The van der Waals surface area contributed by atoms with Crippen LogP contribution in [0.15, 0.2) is 78.3 Å². The van der Waals surface area contributed by atoms with Crippen molar-refractivity contribution in [3.05, 3.63) is 118 Å². The summed E-state index contributed by atoms with van der Waals surface area (Å²) in [6, 6.07) is 6.06. The highest BCUT2D eigenvalue weighted by atomic mass is 19.1. The van der Waals surface area contributed by atoms with Crippen molar-refractivity contribution in [3.63, 3.8) is 0 Å². The van der Waals surface area contributed by atoms with Gasteiger partial charge in [0.15, 0.2) is 0 Å². The minimum Gasteiger partial charge on any atom is -0.380 e. The predicted octanol–water partition coefficient (Wildman–Crippen LogP) is 11.6. The molecule has 1 unspecified atom stereocenters. The number of nitrogens with zero attached hydrogens (tertiary/aromatic N) is 2. The molecule has 1 aliphatic carbocycles. The highest BCUT2D eigenvalue weighted by Crippen LogP contribution is 2.47. The third kappa shape index (κ3) is 8.36. The molecule has 2 aromatic rings. The second kappa shape index (κ2) is 15.0. The fraction of sp³-hybridized carbons (Fsp3) is 0.511. The first-order valence-electron chi connectivity index (χ1n) is 18.8. The molecule has 5 rings (SSSR count). The zero-order valence-corrected chi connectivity index (χ0v) is 32.3. The molecule has 2 aliphatic heterocycles. The van der Waals surface area contributed by atoms with Crippen molar-refractivity contribution in [2.75, 3.05) is 19.6 Å². The number of alkyl halides is 1. The molecule has 0 aromatic heterocycles. The van der Waals surface area contributed by atoms with Gasteiger partial charge in [-0.2, -0.15) is 0 Å². The van der Waals surface area contributed by atoms with Gasteiger partial charge in [-0.25, -0.2) is 8.78 Å². The fourth-order valence-electron chi connectivity index (χ4n) is 8.11. The van der Waals surface area contributed by atoms with Crippen LogP contribution in [0.25, 0.3) is 11.1 Å². The lowest BCUT2D eigenvalue weighted by Crippen LogP contribution is -2.41. The average molecular weight is 682 g/mol. The molecule has 3 aliphatic rings. The molecule has 0 radical (unpaired) electrons. The molecule has 50 heavy (non-hydrogen) atoms. The van der Waals surface area contributed by atoms with Gasteiger partial charge in [-0.05, 0) is 169 Å². The minimum absolute atomic E-state index is 0.101. The van der Waals surface area contributed by atoms with Crippen LogP contribution in [-0.4, -0.2) is 41.1 Å². The van der Waals surface area contributed by atoms with Gasteiger partial charge in [0.1, 0.15) is 11.5 Å². The smallest absolute Gasteiger partial charge is 0.132 e. The number of nitrogens with one attached hydrogen (secondary N) is 1. The van der Waals surface area contributed by atoms with E-state index in [1.165, 1.54) is 28.7 Å². The van der Waals surface area contributed by atoms with Gasteiger partial charge < -0.3 is 15.1 Å². The summed E-state index contributed by atoms with van der Waals surface area (Å²) in [6.45, 7) is 34.7. The molecule has 2 aromatic carbocycles. The predicted molar refractivity (Wildman–Crippen MR) is 208 cm³/mol. The van der Waals surface area contributed by atoms with E-state index in [0.717, 1.165) is 84.5 Å². The Morgan fingerprint density at radius 2 is 1.68 bits per heavy atom. The monoisotopic (exact) mass is 681 g/mol. The van der Waals surface area contributed by atoms with Gasteiger partial charge in [-0.3, -0.25) is 0 Å². The number of hydrogen-bond donors (Lipinski definition) is 1. The summed E-state index contributed by atoms with van der Waals surface area (Å²) < 4.78 is 32.6. The summed E-state index contributed by atoms with van der Waals surface area (Å²) in [7, 11) is 0. The molecule has 3 nitrogen and oxygen atoms in total. The number of benzene rings is 2. The van der Waals surface area contributed by atoms with Crippen LogP contribution < -0.4 is 5.32 Å². The standard InChI is InChI=1S/C45H61F2N3/c1-27(2)20-40(43-33(9)37(25-38(44(43)46)35-14-15-35)42-30(6)22-29(5)23-31(42)7)48-34(10)41(21-28(3)4)50-26-36(16-19-49-17-13-18-49)39(24-32(50)8)45(11,12)47/h22-26,28,35,40-41,48H,1,8,10,13-21H2,2-7,9,11-12H3/t40-,41?/m0/s1. The molecule has 0 spiro atoms. The number of likely N-dealkylation sites (tertiary alicyclic amines) is 1. The number of rotatable bonds is 15. The molecular weight excluding hydrogens is 621 g/mol. The Morgan fingerprint density at radius 3 is 2.20 bits per heavy atom. The molecular formula is C45H61F2N3. The van der Waals surface area contributed by atoms with Gasteiger partial charge in [-0.1, -0.05) is 50.3 Å². The molecule has 2 heterocycles. The summed E-state index contributed by atoms with van der Waals surface area (Å²) in [4.78, 5) is 4.61. The second-order valence-corrected chi connectivity index (χ2v) is 16.5. The van der Waals surface area contributed by atoms with Gasteiger partial charge in [-0.15, -0.1) is 6.58 Å². The molecule has 2 atom stereocenters. The van der Waals surface area contributed by atoms with E-state index >= 15 is 8.78 Å². The molecule has 5 heteroatoms. The third-order valence-corrected chi connectivity index (χ3v) is 10.8. The van der Waals surface area contributed by atoms with E-state index < -0.39 is 5.67 Å². The fourth-order valence-corrected chi connectivity index (χ4v) is 8.11. The van der Waals surface area contributed by atoms with Gasteiger partial charge in [0.05, 0.1) is 12.1 Å². The maximum atomic E-state index is 17.0. The van der Waals surface area contributed by atoms with Gasteiger partial charge in [0.25, 0.3) is 0 Å². The van der Waals surface area contributed by atoms with Crippen LogP contribution in [0.1, 0.15) is 118 Å². The van der Waals surface area contributed by atoms with Crippen molar-refractivity contribution in [2.45, 2.75) is 125 Å². The van der Waals surface area contributed by atoms with Crippen molar-refractivity contribution in [2.24, 2.45) is 5.92 Å². The quantitative estimate of drug-likeness (QED) is 0.189. The van der Waals surface area contributed by atoms with Gasteiger partial charge >= 0.3 is 0 Å². The van der Waals surface area contributed by atoms with Crippen molar-refractivity contribution < 1.29 is 8.78 Å². The normalized spacial score (nSPS) is 18.1. The Kier molecular flexibility index (Phi) is 11.4. The lowest BCUT2D eigenvalue weighted by Gasteiger charge is -2.40. The van der Waals surface area contributed by atoms with Crippen LogP contribution in [0.5, 0.6) is 0 Å². The summed E-state index contributed by atoms with van der Waals surface area (Å²) in [5, 5.41) is 3.79. The highest BCUT2D eigenvalue weighted by Gasteiger charge is 2.35. The average Bonchev–Trinajstić information content (AvgIpc) is 3.81. The van der Waals surface area contributed by atoms with E-state index in [1.807, 2.05) is 13.0 Å². The Morgan fingerprint density at radius 1 is 1.04 bits per heavy atom. The van der Waals surface area contributed by atoms with Crippen molar-refractivity contribution in [1.29, 1.82) is 0 Å². The molecule has 0 amide bonds. The first kappa shape index (κ1) is 37.8. The van der Waals surface area contributed by atoms with E-state index in [1.54, 1.807) is 13.8 Å². The van der Waals surface area contributed by atoms with Crippen LogP contribution in [0.3, 0.4) is 0 Å². The number of aryl methyl sites for hydroxylation is 3. The first-order chi connectivity index (χ1) is 23.5. The minimum atomic E-state index is -1.49. The summed E-state index contributed by atoms with van der Waals surface area (Å²) in [5.74, 6) is 0.498. The summed E-state index contributed by atoms with van der Waals surface area (Å²) >= 11 is 0. The van der Waals surface area contributed by atoms with Crippen LogP contribution >= 0.6 is 0 Å². The number of hydrogen-bond acceptors (Lipinski definition) is 3. The molecule has 1 N–H and O–H groups in total. The van der Waals surface area contributed by atoms with Crippen LogP contribution in [0, 0.1) is 39.4 Å². The molecule has 1 saturated carbocycles. The molecule has 1 saturated heterocycles. The lowest BCUT2D eigenvalue weighted by atomic mass is 9.83. The molecule has 2 fully saturated rings. The second-order valence-electron chi connectivity index (χ2n) is 16.5. The Hall–Kier alpha value is -3.44. The van der Waals surface area contributed by atoms with E-state index in [2.05, 4.69) is 101 Å². The molecule has 0 bridgehead atoms. The van der Waals surface area contributed by atoms with E-state index in [4.69, 9.17) is 0 Å². The van der Waals surface area contributed by atoms with Gasteiger partial charge in [0, 0.05) is 29.7 Å². The van der Waals surface area contributed by atoms with E-state index in [0.29, 0.717) is 23.5 Å². The Balaban J connectivity index is 1.56. The van der Waals surface area contributed by atoms with Crippen molar-refractivity contribution in [1.82, 2.24) is 15.1 Å². The van der Waals surface area contributed by atoms with E-state index in [9.17, 15) is 0 Å². The van der Waals surface area contributed by atoms with Crippen LogP contribution in [0.4, 0.5) is 8.78 Å². The van der Waals surface area contributed by atoms with Crippen molar-refractivity contribution in [3.8, 4) is 11.1 Å². The lowest BCUT2D eigenvalue weighted by molar-refractivity contribution is 0.182. The zero-order chi connectivity index (χ0) is 36.7. The van der Waals surface area contributed by atoms with Crippen LogP contribution in [0.2, 0.25) is 0 Å². The summed E-state index contributed by atoms with van der Waals surface area (Å²) in [5.41, 5.74) is 11.2. The maximum absolute atomic E-state index is 17.0. The van der Waals surface area contributed by atoms with Crippen LogP contribution in [-0.2, 0) is 0 Å². The van der Waals surface area contributed by atoms with E-state index in [-0.39, 0.29) is 23.8 Å². The van der Waals surface area contributed by atoms with Gasteiger partial charge in [0.2, 0.25) is 0 Å². The van der Waals surface area contributed by atoms with Crippen molar-refractivity contribution >= 4 is 0 Å². The largest absolute Gasteiger partial charge is 0.380 e. The Bertz CT molecular complexity index is 1690. The summed E-state index contributed by atoms with van der Waals surface area (Å²) in [6.07, 6.45) is 9.45. The third-order valence-electron chi connectivity index (χ3n) is 10.8. The Labute approximate surface area is 301 Å². The number of allylic oxidation sites excluding steroid dienone is 2. The zero-order valence-electron chi connectivity index (χ0n) is 32.3. The first-order valence-corrected chi connectivity index (χ1v) is 18.8. The highest BCUT2D eigenvalue weighted by molar-refractivity contribution is 5.76.